The first-order chi connectivity index (χ1) is 11.5. The number of nitro groups is 1. The smallest absolute Gasteiger partial charge is 0.295 e. The molecule has 0 saturated carbocycles. The summed E-state index contributed by atoms with van der Waals surface area (Å²) < 4.78 is 20.6. The number of nitro benzene ring substituents is 1. The molecule has 7 nitrogen and oxygen atoms in total. The van der Waals surface area contributed by atoms with Crippen LogP contribution in [0.5, 0.6) is 5.75 Å². The van der Waals surface area contributed by atoms with Crippen LogP contribution in [0.25, 0.3) is 0 Å². The number of aryl methyl sites for hydroxylation is 1. The van der Waals surface area contributed by atoms with E-state index in [1.807, 2.05) is 22.7 Å². The Hall–Kier alpha value is -2.64. The summed E-state index contributed by atoms with van der Waals surface area (Å²) in [4.78, 5) is 12.6. The van der Waals surface area contributed by atoms with Gasteiger partial charge in [0.25, 0.3) is 5.69 Å². The van der Waals surface area contributed by atoms with Crippen LogP contribution < -0.4 is 9.64 Å². The number of nitrogens with zero attached hydrogens (tertiary/aromatic N) is 4. The van der Waals surface area contributed by atoms with Gasteiger partial charge in [0.15, 0.2) is 11.6 Å². The van der Waals surface area contributed by atoms with Crippen molar-refractivity contribution in [2.75, 3.05) is 25.1 Å². The molecular weight excluding hydrogens is 315 g/mol. The highest BCUT2D eigenvalue weighted by Gasteiger charge is 2.28. The van der Waals surface area contributed by atoms with Gasteiger partial charge in [-0.1, -0.05) is 0 Å². The van der Waals surface area contributed by atoms with Crippen LogP contribution >= 0.6 is 0 Å². The lowest BCUT2D eigenvalue weighted by molar-refractivity contribution is -0.384. The lowest BCUT2D eigenvalue weighted by Gasteiger charge is -2.33. The molecule has 0 unspecified atom stereocenters. The topological polar surface area (TPSA) is 73.4 Å². The van der Waals surface area contributed by atoms with Crippen LogP contribution in [0.1, 0.15) is 24.5 Å². The summed E-state index contributed by atoms with van der Waals surface area (Å²) in [6, 6.07) is 4.35. The van der Waals surface area contributed by atoms with Gasteiger partial charge in [-0.05, 0) is 18.9 Å². The Kier molecular flexibility index (Phi) is 4.37. The molecule has 0 radical (unpaired) electrons. The van der Waals surface area contributed by atoms with Crippen molar-refractivity contribution in [1.29, 1.82) is 0 Å². The summed E-state index contributed by atoms with van der Waals surface area (Å²) in [5.41, 5.74) is 1.34. The summed E-state index contributed by atoms with van der Waals surface area (Å²) >= 11 is 0. The second-order valence-electron chi connectivity index (χ2n) is 5.87. The molecule has 3 rings (SSSR count). The van der Waals surface area contributed by atoms with Crippen LogP contribution in [0.3, 0.4) is 0 Å². The Labute approximate surface area is 138 Å². The third-order valence-corrected chi connectivity index (χ3v) is 4.56. The minimum Gasteiger partial charge on any atom is -0.494 e. The van der Waals surface area contributed by atoms with Crippen LogP contribution in [0.4, 0.5) is 15.8 Å². The van der Waals surface area contributed by atoms with Crippen molar-refractivity contribution >= 4 is 11.4 Å². The predicted molar refractivity (Wildman–Crippen MR) is 87.0 cm³/mol. The van der Waals surface area contributed by atoms with Gasteiger partial charge in [0, 0.05) is 44.0 Å². The highest BCUT2D eigenvalue weighted by Crippen LogP contribution is 2.37. The maximum Gasteiger partial charge on any atom is 0.295 e. The first-order valence-corrected chi connectivity index (χ1v) is 7.76. The van der Waals surface area contributed by atoms with E-state index in [1.165, 1.54) is 18.9 Å². The molecule has 2 heterocycles. The summed E-state index contributed by atoms with van der Waals surface area (Å²) in [6.07, 6.45) is 3.49. The average Bonchev–Trinajstić information content (AvgIpc) is 3.00. The summed E-state index contributed by atoms with van der Waals surface area (Å²) in [7, 11) is 3.26. The van der Waals surface area contributed by atoms with Crippen molar-refractivity contribution in [3.63, 3.8) is 0 Å². The van der Waals surface area contributed by atoms with Gasteiger partial charge in [0.05, 0.1) is 18.1 Å². The number of rotatable bonds is 4. The number of hydrogen-bond donors (Lipinski definition) is 0. The molecule has 1 saturated heterocycles. The monoisotopic (exact) mass is 334 g/mol. The second-order valence-corrected chi connectivity index (χ2v) is 5.87. The molecule has 1 aromatic carbocycles. The van der Waals surface area contributed by atoms with Crippen molar-refractivity contribution in [2.45, 2.75) is 18.8 Å². The highest BCUT2D eigenvalue weighted by molar-refractivity contribution is 5.66. The lowest BCUT2D eigenvalue weighted by Crippen LogP contribution is -2.33. The van der Waals surface area contributed by atoms with Crippen LogP contribution in [-0.4, -0.2) is 34.9 Å². The third-order valence-electron chi connectivity index (χ3n) is 4.56. The molecule has 128 valence electrons. The molecule has 1 aromatic heterocycles. The number of anilines is 1. The van der Waals surface area contributed by atoms with Gasteiger partial charge < -0.3 is 9.64 Å². The number of methoxy groups -OCH3 is 1. The molecule has 1 fully saturated rings. The minimum atomic E-state index is -0.724. The summed E-state index contributed by atoms with van der Waals surface area (Å²) in [6.45, 7) is 1.32. The number of benzene rings is 1. The zero-order valence-electron chi connectivity index (χ0n) is 13.6. The van der Waals surface area contributed by atoms with E-state index in [0.717, 1.165) is 18.9 Å². The molecule has 0 aliphatic carbocycles. The normalized spacial score (nSPS) is 15.5. The molecule has 1 aliphatic rings. The maximum atomic E-state index is 13.8. The van der Waals surface area contributed by atoms with E-state index in [1.54, 1.807) is 6.20 Å². The van der Waals surface area contributed by atoms with Crippen LogP contribution in [-0.2, 0) is 7.05 Å². The highest BCUT2D eigenvalue weighted by atomic mass is 19.1. The molecule has 0 N–H and O–H groups in total. The molecule has 0 spiro atoms. The van der Waals surface area contributed by atoms with E-state index in [0.29, 0.717) is 24.7 Å². The van der Waals surface area contributed by atoms with Gasteiger partial charge in [-0.2, -0.15) is 5.10 Å². The number of halogens is 1. The Morgan fingerprint density at radius 3 is 2.62 bits per heavy atom. The van der Waals surface area contributed by atoms with Crippen molar-refractivity contribution in [3.8, 4) is 5.75 Å². The van der Waals surface area contributed by atoms with Crippen LogP contribution in [0.2, 0.25) is 0 Å². The van der Waals surface area contributed by atoms with Crippen molar-refractivity contribution < 1.29 is 14.1 Å². The van der Waals surface area contributed by atoms with Crippen LogP contribution in [0, 0.1) is 15.9 Å². The number of aromatic nitrogens is 2. The molecule has 0 bridgehead atoms. The Bertz CT molecular complexity index is 754. The third kappa shape index (κ3) is 2.91. The largest absolute Gasteiger partial charge is 0.494 e. The molecule has 1 aliphatic heterocycles. The summed E-state index contributed by atoms with van der Waals surface area (Å²) in [5.74, 6) is -0.336. The number of ether oxygens (including phenoxy) is 1. The number of piperidine rings is 1. The Morgan fingerprint density at radius 1 is 1.38 bits per heavy atom. The average molecular weight is 334 g/mol. The molecule has 0 atom stereocenters. The van der Waals surface area contributed by atoms with E-state index in [2.05, 4.69) is 5.10 Å². The van der Waals surface area contributed by atoms with E-state index in [4.69, 9.17) is 4.74 Å². The predicted octanol–water partition coefficient (Wildman–Crippen LogP) is 2.86. The standard InChI is InChI=1S/C16H19FN4O3/c1-19-13(3-6-18-19)11-4-7-20(8-5-11)14-10-16(24-2)12(17)9-15(14)21(22)23/h3,6,9-11H,4-5,7-8H2,1-2H3. The van der Waals surface area contributed by atoms with Gasteiger partial charge >= 0.3 is 0 Å². The summed E-state index contributed by atoms with van der Waals surface area (Å²) in [5, 5.41) is 15.5. The first-order valence-electron chi connectivity index (χ1n) is 7.76. The van der Waals surface area contributed by atoms with Crippen molar-refractivity contribution in [2.24, 2.45) is 7.05 Å². The fourth-order valence-corrected chi connectivity index (χ4v) is 3.29. The molecule has 24 heavy (non-hydrogen) atoms. The van der Waals surface area contributed by atoms with E-state index in [9.17, 15) is 14.5 Å². The van der Waals surface area contributed by atoms with Crippen LogP contribution in [0.15, 0.2) is 24.4 Å². The van der Waals surface area contributed by atoms with E-state index < -0.39 is 10.7 Å². The Balaban J connectivity index is 1.83. The van der Waals surface area contributed by atoms with Gasteiger partial charge in [0.2, 0.25) is 0 Å². The molecule has 8 heteroatoms. The fourth-order valence-electron chi connectivity index (χ4n) is 3.29. The van der Waals surface area contributed by atoms with E-state index >= 15 is 0 Å². The Morgan fingerprint density at radius 2 is 2.08 bits per heavy atom. The zero-order chi connectivity index (χ0) is 17.3. The van der Waals surface area contributed by atoms with Gasteiger partial charge in [-0.25, -0.2) is 4.39 Å². The quantitative estimate of drug-likeness (QED) is 0.635. The van der Waals surface area contributed by atoms with Gasteiger partial charge in [-0.3, -0.25) is 14.8 Å². The van der Waals surface area contributed by atoms with Gasteiger partial charge in [0.1, 0.15) is 5.69 Å². The van der Waals surface area contributed by atoms with Crippen molar-refractivity contribution in [1.82, 2.24) is 9.78 Å². The maximum absolute atomic E-state index is 13.8. The lowest BCUT2D eigenvalue weighted by atomic mass is 9.93. The minimum absolute atomic E-state index is 0.0179. The van der Waals surface area contributed by atoms with E-state index in [-0.39, 0.29) is 11.4 Å². The first kappa shape index (κ1) is 16.2. The zero-order valence-corrected chi connectivity index (χ0v) is 13.6. The van der Waals surface area contributed by atoms with Gasteiger partial charge in [-0.15, -0.1) is 0 Å². The SMILES string of the molecule is COc1cc(N2CCC(c3ccnn3C)CC2)c([N+](=O)[O-])cc1F. The molecule has 2 aromatic rings. The molecular formula is C16H19FN4O3. The fraction of sp³-hybridized carbons (Fsp3) is 0.438. The van der Waals surface area contributed by atoms with Crippen molar-refractivity contribution in [3.05, 3.63) is 46.0 Å². The second kappa shape index (κ2) is 6.46. The number of hydrogen-bond acceptors (Lipinski definition) is 5. The molecule has 0 amide bonds.